The number of amides is 2. The zero-order chi connectivity index (χ0) is 15.7. The average molecular weight is 340 g/mol. The number of ether oxygens (including phenoxy) is 1. The van der Waals surface area contributed by atoms with Crippen molar-refractivity contribution in [1.29, 1.82) is 0 Å². The number of rotatable bonds is 2. The number of anilines is 1. The maximum Gasteiger partial charge on any atom is 0.265 e. The molecule has 1 saturated heterocycles. The summed E-state index contributed by atoms with van der Waals surface area (Å²) in [5.74, 6) is 0.186. The predicted molar refractivity (Wildman–Crippen MR) is 90.1 cm³/mol. The lowest BCUT2D eigenvalue weighted by Crippen LogP contribution is -2.47. The topological polar surface area (TPSA) is 84.7 Å². The predicted octanol–water partition coefficient (Wildman–Crippen LogP) is 1.78. The molecule has 7 heteroatoms. The number of halogens is 1. The van der Waals surface area contributed by atoms with E-state index >= 15 is 0 Å². The molecule has 3 N–H and O–H groups in total. The number of likely N-dealkylation sites (tertiary alicyclic amines) is 1. The molecular formula is C16H22ClN3O3. The van der Waals surface area contributed by atoms with Gasteiger partial charge in [-0.3, -0.25) is 9.59 Å². The van der Waals surface area contributed by atoms with Gasteiger partial charge in [-0.25, -0.2) is 0 Å². The Kier molecular flexibility index (Phi) is 5.49. The fourth-order valence-corrected chi connectivity index (χ4v) is 3.06. The maximum atomic E-state index is 12.9. The minimum absolute atomic E-state index is 0. The number of nitrogens with two attached hydrogens (primary N) is 1. The molecule has 1 fully saturated rings. The van der Waals surface area contributed by atoms with Gasteiger partial charge in [-0.2, -0.15) is 0 Å². The molecule has 2 amide bonds. The lowest BCUT2D eigenvalue weighted by molar-refractivity contribution is -0.122. The average Bonchev–Trinajstić information content (AvgIpc) is 2.54. The van der Waals surface area contributed by atoms with Crippen LogP contribution >= 0.6 is 12.4 Å². The largest absolute Gasteiger partial charge is 0.478 e. The molecule has 0 saturated carbocycles. The van der Waals surface area contributed by atoms with E-state index in [0.29, 0.717) is 30.1 Å². The number of benzene rings is 1. The van der Waals surface area contributed by atoms with Crippen LogP contribution in [0.3, 0.4) is 0 Å². The summed E-state index contributed by atoms with van der Waals surface area (Å²) in [6, 6.07) is 5.32. The van der Waals surface area contributed by atoms with E-state index in [1.54, 1.807) is 25.1 Å². The van der Waals surface area contributed by atoms with Crippen molar-refractivity contribution >= 4 is 29.9 Å². The first kappa shape index (κ1) is 17.6. The van der Waals surface area contributed by atoms with Crippen LogP contribution in [-0.2, 0) is 4.79 Å². The van der Waals surface area contributed by atoms with Crippen molar-refractivity contribution < 1.29 is 14.3 Å². The van der Waals surface area contributed by atoms with Crippen LogP contribution in [0.15, 0.2) is 18.2 Å². The van der Waals surface area contributed by atoms with Crippen LogP contribution in [0.25, 0.3) is 0 Å². The number of nitrogens with zero attached hydrogens (tertiary/aromatic N) is 1. The second-order valence-electron chi connectivity index (χ2n) is 5.82. The van der Waals surface area contributed by atoms with Crippen molar-refractivity contribution in [2.45, 2.75) is 38.3 Å². The molecule has 1 aromatic rings. The third kappa shape index (κ3) is 3.28. The van der Waals surface area contributed by atoms with Crippen LogP contribution in [0.5, 0.6) is 5.75 Å². The quantitative estimate of drug-likeness (QED) is 0.860. The highest BCUT2D eigenvalue weighted by atomic mass is 35.5. The molecule has 2 atom stereocenters. The minimum atomic E-state index is -0.604. The SMILES string of the molecule is CC1Oc2c(cccc2C(=O)N2CCCCC2CN)NC1=O.Cl. The first-order valence-electron chi connectivity index (χ1n) is 7.73. The van der Waals surface area contributed by atoms with Crippen LogP contribution < -0.4 is 15.8 Å². The molecule has 2 heterocycles. The highest BCUT2D eigenvalue weighted by molar-refractivity contribution is 6.04. The molecular weight excluding hydrogens is 318 g/mol. The third-order valence-electron chi connectivity index (χ3n) is 4.33. The summed E-state index contributed by atoms with van der Waals surface area (Å²) in [6.45, 7) is 2.85. The van der Waals surface area contributed by atoms with Crippen LogP contribution in [0.4, 0.5) is 5.69 Å². The first-order chi connectivity index (χ1) is 10.6. The molecule has 2 aliphatic rings. The third-order valence-corrected chi connectivity index (χ3v) is 4.33. The van der Waals surface area contributed by atoms with Crippen molar-refractivity contribution in [1.82, 2.24) is 4.90 Å². The van der Waals surface area contributed by atoms with E-state index in [0.717, 1.165) is 19.3 Å². The van der Waals surface area contributed by atoms with E-state index in [4.69, 9.17) is 10.5 Å². The van der Waals surface area contributed by atoms with E-state index in [-0.39, 0.29) is 30.3 Å². The Hall–Kier alpha value is -1.79. The fourth-order valence-electron chi connectivity index (χ4n) is 3.06. The van der Waals surface area contributed by atoms with E-state index in [1.807, 2.05) is 4.90 Å². The zero-order valence-electron chi connectivity index (χ0n) is 13.1. The highest BCUT2D eigenvalue weighted by Gasteiger charge is 2.32. The van der Waals surface area contributed by atoms with Crippen molar-refractivity contribution in [3.8, 4) is 5.75 Å². The zero-order valence-corrected chi connectivity index (χ0v) is 13.9. The van der Waals surface area contributed by atoms with Gasteiger partial charge >= 0.3 is 0 Å². The summed E-state index contributed by atoms with van der Waals surface area (Å²) in [6.07, 6.45) is 2.42. The Bertz CT molecular complexity index is 608. The lowest BCUT2D eigenvalue weighted by atomic mass is 10.00. The number of carbonyl (C=O) groups is 2. The number of hydrogen-bond donors (Lipinski definition) is 2. The molecule has 1 aromatic carbocycles. The van der Waals surface area contributed by atoms with Crippen LogP contribution in [0.1, 0.15) is 36.5 Å². The highest BCUT2D eigenvalue weighted by Crippen LogP contribution is 2.34. The second-order valence-corrected chi connectivity index (χ2v) is 5.82. The van der Waals surface area contributed by atoms with E-state index in [9.17, 15) is 9.59 Å². The van der Waals surface area contributed by atoms with Gasteiger partial charge in [0.25, 0.3) is 11.8 Å². The molecule has 6 nitrogen and oxygen atoms in total. The van der Waals surface area contributed by atoms with Crippen LogP contribution in [0, 0.1) is 0 Å². The van der Waals surface area contributed by atoms with E-state index in [2.05, 4.69) is 5.32 Å². The van der Waals surface area contributed by atoms with Crippen molar-refractivity contribution in [2.75, 3.05) is 18.4 Å². The van der Waals surface area contributed by atoms with Gasteiger partial charge in [0.15, 0.2) is 11.9 Å². The van der Waals surface area contributed by atoms with Crippen molar-refractivity contribution in [3.05, 3.63) is 23.8 Å². The molecule has 126 valence electrons. The summed E-state index contributed by atoms with van der Waals surface area (Å²) in [5, 5.41) is 2.77. The standard InChI is InChI=1S/C16H21N3O3.ClH/c1-10-15(20)18-13-7-4-6-12(14(13)22-10)16(21)19-8-3-2-5-11(19)9-17;/h4,6-7,10-11H,2-3,5,8-9,17H2,1H3,(H,18,20);1H. The fraction of sp³-hybridized carbons (Fsp3) is 0.500. The molecule has 2 aliphatic heterocycles. The molecule has 0 bridgehead atoms. The number of carbonyl (C=O) groups excluding carboxylic acids is 2. The number of hydrogen-bond acceptors (Lipinski definition) is 4. The van der Waals surface area contributed by atoms with E-state index < -0.39 is 6.10 Å². The maximum absolute atomic E-state index is 12.9. The van der Waals surface area contributed by atoms with Crippen LogP contribution in [0.2, 0.25) is 0 Å². The van der Waals surface area contributed by atoms with Gasteiger partial charge < -0.3 is 20.7 Å². The van der Waals surface area contributed by atoms with Crippen molar-refractivity contribution in [3.63, 3.8) is 0 Å². The lowest BCUT2D eigenvalue weighted by Gasteiger charge is -2.36. The Morgan fingerprint density at radius 3 is 2.96 bits per heavy atom. The Balaban J connectivity index is 0.00000192. The van der Waals surface area contributed by atoms with Crippen LogP contribution in [-0.4, -0.2) is 41.9 Å². The molecule has 3 rings (SSSR count). The second kappa shape index (κ2) is 7.19. The van der Waals surface area contributed by atoms with Gasteiger partial charge in [-0.15, -0.1) is 12.4 Å². The summed E-state index contributed by atoms with van der Waals surface area (Å²) >= 11 is 0. The molecule has 0 spiro atoms. The monoisotopic (exact) mass is 339 g/mol. The van der Waals surface area contributed by atoms with E-state index in [1.165, 1.54) is 0 Å². The number of fused-ring (bicyclic) bond motifs is 1. The summed E-state index contributed by atoms with van der Waals surface area (Å²) in [7, 11) is 0. The summed E-state index contributed by atoms with van der Waals surface area (Å²) < 4.78 is 5.67. The number of nitrogens with one attached hydrogen (secondary N) is 1. The Morgan fingerprint density at radius 2 is 2.22 bits per heavy atom. The minimum Gasteiger partial charge on any atom is -0.478 e. The van der Waals surface area contributed by atoms with Gasteiger partial charge in [0.1, 0.15) is 0 Å². The molecule has 2 unspecified atom stereocenters. The molecule has 0 radical (unpaired) electrons. The number of para-hydroxylation sites is 1. The normalized spacial score (nSPS) is 23.2. The van der Waals surface area contributed by atoms with Crippen molar-refractivity contribution in [2.24, 2.45) is 5.73 Å². The van der Waals surface area contributed by atoms with Gasteiger partial charge in [0.2, 0.25) is 0 Å². The molecule has 0 aliphatic carbocycles. The Morgan fingerprint density at radius 1 is 1.43 bits per heavy atom. The smallest absolute Gasteiger partial charge is 0.265 e. The Labute approximate surface area is 141 Å². The van der Waals surface area contributed by atoms with Gasteiger partial charge in [0.05, 0.1) is 11.3 Å². The van der Waals surface area contributed by atoms with Gasteiger partial charge in [-0.1, -0.05) is 6.07 Å². The summed E-state index contributed by atoms with van der Waals surface area (Å²) in [4.78, 5) is 26.4. The first-order valence-corrected chi connectivity index (χ1v) is 7.73. The molecule has 0 aromatic heterocycles. The summed E-state index contributed by atoms with van der Waals surface area (Å²) in [5.41, 5.74) is 6.85. The van der Waals surface area contributed by atoms with Gasteiger partial charge in [-0.05, 0) is 38.3 Å². The number of piperidine rings is 1. The molecule has 23 heavy (non-hydrogen) atoms. The van der Waals surface area contributed by atoms with Gasteiger partial charge in [0, 0.05) is 19.1 Å².